The Morgan fingerprint density at radius 3 is 2.54 bits per heavy atom. The molecule has 0 amide bonds. The summed E-state index contributed by atoms with van der Waals surface area (Å²) in [7, 11) is 0. The van der Waals surface area contributed by atoms with E-state index in [0.717, 1.165) is 11.1 Å². The third kappa shape index (κ3) is 2.37. The Kier molecular flexibility index (Phi) is 4.29. The highest BCUT2D eigenvalue weighted by Crippen LogP contribution is 2.80. The minimum absolute atomic E-state index is 0.0743. The number of ether oxygens (including phenoxy) is 2. The maximum atomic E-state index is 14.2. The van der Waals surface area contributed by atoms with E-state index in [2.05, 4.69) is 6.58 Å². The average molecular weight is 507 g/mol. The molecule has 11 atom stereocenters. The number of carbonyl (C=O) groups is 3. The Balaban J connectivity index is 1.43. The number of esters is 2. The minimum Gasteiger partial charge on any atom is -0.460 e. The first-order chi connectivity index (χ1) is 17.3. The lowest BCUT2D eigenvalue weighted by Crippen LogP contribution is -2.52. The molecule has 2 bridgehead atoms. The topological polar surface area (TPSA) is 110 Å². The van der Waals surface area contributed by atoms with Crippen LogP contribution in [0.15, 0.2) is 47.1 Å². The zero-order valence-electron chi connectivity index (χ0n) is 21.7. The SMILES string of the molecule is C=C1C(=O)OC2C1CC[C@](C)(O)C13C=C[C@](C)(C21)C1(C3)C(=O)OC2C3C(C)=CC(=O)C3=C(C)C[C@H](O)C21. The van der Waals surface area contributed by atoms with Gasteiger partial charge in [-0.1, -0.05) is 36.8 Å². The van der Waals surface area contributed by atoms with Gasteiger partial charge in [-0.2, -0.15) is 0 Å². The number of carbonyl (C=O) groups excluding carboxylic acids is 3. The molecule has 5 aliphatic carbocycles. The molecule has 7 heteroatoms. The van der Waals surface area contributed by atoms with Crippen molar-refractivity contribution in [3.63, 3.8) is 0 Å². The summed E-state index contributed by atoms with van der Waals surface area (Å²) in [6.07, 6.45) is 5.20. The molecular formula is C30H34O7. The first kappa shape index (κ1) is 23.6. The predicted molar refractivity (Wildman–Crippen MR) is 132 cm³/mol. The Morgan fingerprint density at radius 1 is 1.08 bits per heavy atom. The van der Waals surface area contributed by atoms with Crippen LogP contribution in [0, 0.1) is 39.9 Å². The normalized spacial score (nSPS) is 53.5. The number of allylic oxidation sites excluding steroid dienone is 2. The highest BCUT2D eigenvalue weighted by molar-refractivity contribution is 6.09. The van der Waals surface area contributed by atoms with E-state index in [1.165, 1.54) is 0 Å². The highest BCUT2D eigenvalue weighted by Gasteiger charge is 2.84. The van der Waals surface area contributed by atoms with Gasteiger partial charge in [-0.15, -0.1) is 0 Å². The quantitative estimate of drug-likeness (QED) is 0.295. The van der Waals surface area contributed by atoms with Crippen LogP contribution in [-0.2, 0) is 23.9 Å². The summed E-state index contributed by atoms with van der Waals surface area (Å²) in [5.74, 6) is -2.45. The summed E-state index contributed by atoms with van der Waals surface area (Å²) in [5.41, 5.74) is -1.24. The standard InChI is InChI=1S/C30H34O7/c1-13-11-18(32)21-23(20-14(2)10-17(31)19(13)20)37-26(34)30(21)12-29-9-8-27(30,4)24(29)22-16(6-7-28(29,5)35)15(3)25(33)36-22/h8-10,16,18,20-24,32,35H,3,6-7,11-12H2,1-2,4-5H3/t16?,18-,20?,21?,22?,23?,24?,27+,28-,29?,30?/m0/s1. The maximum Gasteiger partial charge on any atom is 0.334 e. The molecule has 1 spiro atoms. The third-order valence-electron chi connectivity index (χ3n) is 11.8. The van der Waals surface area contributed by atoms with Crippen molar-refractivity contribution < 1.29 is 34.1 Å². The van der Waals surface area contributed by atoms with Gasteiger partial charge in [0.25, 0.3) is 0 Å². The zero-order valence-corrected chi connectivity index (χ0v) is 21.7. The van der Waals surface area contributed by atoms with E-state index in [1.807, 2.05) is 39.8 Å². The lowest BCUT2D eigenvalue weighted by molar-refractivity contribution is -0.155. The van der Waals surface area contributed by atoms with Gasteiger partial charge < -0.3 is 19.7 Å². The molecular weight excluding hydrogens is 472 g/mol. The molecule has 0 aromatic rings. The van der Waals surface area contributed by atoms with Crippen molar-refractivity contribution in [1.29, 1.82) is 0 Å². The Bertz CT molecular complexity index is 1300. The van der Waals surface area contributed by atoms with Crippen LogP contribution in [0.5, 0.6) is 0 Å². The van der Waals surface area contributed by atoms with E-state index in [1.54, 1.807) is 6.08 Å². The van der Waals surface area contributed by atoms with Gasteiger partial charge in [0.1, 0.15) is 12.2 Å². The summed E-state index contributed by atoms with van der Waals surface area (Å²) in [4.78, 5) is 39.8. The van der Waals surface area contributed by atoms with Crippen molar-refractivity contribution in [3.8, 4) is 0 Å². The molecule has 2 saturated heterocycles. The van der Waals surface area contributed by atoms with Gasteiger partial charge in [0.2, 0.25) is 0 Å². The van der Waals surface area contributed by atoms with E-state index in [-0.39, 0.29) is 35.9 Å². The molecule has 37 heavy (non-hydrogen) atoms. The van der Waals surface area contributed by atoms with Crippen molar-refractivity contribution in [1.82, 2.24) is 0 Å². The highest BCUT2D eigenvalue weighted by atomic mass is 16.6. The van der Waals surface area contributed by atoms with E-state index in [4.69, 9.17) is 9.47 Å². The maximum absolute atomic E-state index is 14.2. The number of aliphatic hydroxyl groups excluding tert-OH is 1. The van der Waals surface area contributed by atoms with Gasteiger partial charge >= 0.3 is 11.9 Å². The molecule has 2 aliphatic heterocycles. The summed E-state index contributed by atoms with van der Waals surface area (Å²) in [6, 6.07) is 0. The molecule has 7 nitrogen and oxygen atoms in total. The van der Waals surface area contributed by atoms with Gasteiger partial charge in [0.05, 0.1) is 17.1 Å². The van der Waals surface area contributed by atoms with Crippen LogP contribution >= 0.6 is 0 Å². The van der Waals surface area contributed by atoms with Crippen LogP contribution in [0.2, 0.25) is 0 Å². The lowest BCUT2D eigenvalue weighted by atomic mass is 9.54. The summed E-state index contributed by atoms with van der Waals surface area (Å²) >= 11 is 0. The molecule has 7 aliphatic rings. The molecule has 196 valence electrons. The minimum atomic E-state index is -1.17. The second-order valence-electron chi connectivity index (χ2n) is 13.2. The number of aliphatic hydroxyl groups is 2. The fraction of sp³-hybridized carbons (Fsp3) is 0.633. The number of hydrogen-bond acceptors (Lipinski definition) is 7. The number of ketones is 1. The molecule has 0 radical (unpaired) electrons. The number of rotatable bonds is 0. The Hall–Kier alpha value is -2.51. The average Bonchev–Trinajstić information content (AvgIpc) is 3.48. The zero-order chi connectivity index (χ0) is 26.4. The predicted octanol–water partition coefficient (Wildman–Crippen LogP) is 2.97. The summed E-state index contributed by atoms with van der Waals surface area (Å²) in [5, 5.41) is 23.8. The third-order valence-corrected chi connectivity index (χ3v) is 11.8. The van der Waals surface area contributed by atoms with E-state index < -0.39 is 52.0 Å². The molecule has 8 unspecified atom stereocenters. The van der Waals surface area contributed by atoms with Gasteiger partial charge in [0, 0.05) is 45.6 Å². The first-order valence-electron chi connectivity index (χ1n) is 13.4. The van der Waals surface area contributed by atoms with Crippen molar-refractivity contribution >= 4 is 17.7 Å². The molecule has 2 heterocycles. The lowest BCUT2D eigenvalue weighted by Gasteiger charge is -2.46. The monoisotopic (exact) mass is 506 g/mol. The van der Waals surface area contributed by atoms with Gasteiger partial charge in [-0.05, 0) is 52.5 Å². The Morgan fingerprint density at radius 2 is 1.81 bits per heavy atom. The summed E-state index contributed by atoms with van der Waals surface area (Å²) < 4.78 is 12.2. The largest absolute Gasteiger partial charge is 0.460 e. The van der Waals surface area contributed by atoms with Crippen molar-refractivity contribution in [2.24, 2.45) is 39.9 Å². The van der Waals surface area contributed by atoms with Crippen molar-refractivity contribution in [3.05, 3.63) is 47.1 Å². The van der Waals surface area contributed by atoms with Crippen LogP contribution in [0.1, 0.15) is 53.4 Å². The van der Waals surface area contributed by atoms with Crippen molar-refractivity contribution in [2.75, 3.05) is 0 Å². The number of hydrogen-bond donors (Lipinski definition) is 2. The molecule has 7 rings (SSSR count). The van der Waals surface area contributed by atoms with E-state index in [0.29, 0.717) is 30.4 Å². The second-order valence-corrected chi connectivity index (χ2v) is 13.2. The Labute approximate surface area is 216 Å². The fourth-order valence-corrected chi connectivity index (χ4v) is 10.1. The van der Waals surface area contributed by atoms with Gasteiger partial charge in [-0.3, -0.25) is 9.59 Å². The molecule has 2 saturated carbocycles. The molecule has 2 N–H and O–H groups in total. The van der Waals surface area contributed by atoms with Crippen LogP contribution in [0.3, 0.4) is 0 Å². The van der Waals surface area contributed by atoms with Crippen LogP contribution in [-0.4, -0.2) is 51.8 Å². The molecule has 4 fully saturated rings. The van der Waals surface area contributed by atoms with Crippen molar-refractivity contribution in [2.45, 2.75) is 77.3 Å². The molecule has 0 aromatic heterocycles. The van der Waals surface area contributed by atoms with E-state index >= 15 is 0 Å². The van der Waals surface area contributed by atoms with Crippen LogP contribution in [0.4, 0.5) is 0 Å². The molecule has 0 aromatic carbocycles. The number of fused-ring (bicyclic) bond motifs is 6. The van der Waals surface area contributed by atoms with Gasteiger partial charge in [0.15, 0.2) is 5.78 Å². The first-order valence-corrected chi connectivity index (χ1v) is 13.4. The fourth-order valence-electron chi connectivity index (χ4n) is 10.1. The van der Waals surface area contributed by atoms with Crippen LogP contribution in [0.25, 0.3) is 0 Å². The summed E-state index contributed by atoms with van der Waals surface area (Å²) in [6.45, 7) is 11.6. The van der Waals surface area contributed by atoms with Crippen LogP contribution < -0.4 is 0 Å². The van der Waals surface area contributed by atoms with Gasteiger partial charge in [-0.25, -0.2) is 4.79 Å². The second kappa shape index (κ2) is 6.73. The van der Waals surface area contributed by atoms with E-state index in [9.17, 15) is 24.6 Å². The smallest absolute Gasteiger partial charge is 0.334 e.